The first-order valence-corrected chi connectivity index (χ1v) is 9.40. The maximum Gasteiger partial charge on any atom is 0.245 e. The Balaban J connectivity index is 1.50. The number of hydrogen-bond donors (Lipinski definition) is 0. The number of thiazole rings is 1. The van der Waals surface area contributed by atoms with Crippen LogP contribution in [0.15, 0.2) is 35.8 Å². The van der Waals surface area contributed by atoms with Gasteiger partial charge in [-0.3, -0.25) is 4.79 Å². The maximum absolute atomic E-state index is 13.0. The number of imidazole rings is 1. The van der Waals surface area contributed by atoms with Gasteiger partial charge in [-0.2, -0.15) is 0 Å². The van der Waals surface area contributed by atoms with Crippen LogP contribution in [-0.2, 0) is 4.79 Å². The Morgan fingerprint density at radius 1 is 1.20 bits per heavy atom. The molecule has 0 aliphatic carbocycles. The highest BCUT2D eigenvalue weighted by molar-refractivity contribution is 7.13. The summed E-state index contributed by atoms with van der Waals surface area (Å²) in [4.78, 5) is 26.2. The lowest BCUT2D eigenvalue weighted by Gasteiger charge is -2.36. The summed E-state index contributed by atoms with van der Waals surface area (Å²) < 4.78 is 2.05. The minimum atomic E-state index is -0.251. The molecule has 3 aromatic rings. The van der Waals surface area contributed by atoms with Crippen LogP contribution in [0.25, 0.3) is 11.0 Å². The molecule has 0 saturated carbocycles. The number of anilines is 1. The van der Waals surface area contributed by atoms with E-state index in [4.69, 9.17) is 0 Å². The number of para-hydroxylation sites is 2. The summed E-state index contributed by atoms with van der Waals surface area (Å²) in [5.74, 6) is 1.04. The molecule has 1 aliphatic heterocycles. The number of carbonyl (C=O) groups is 1. The lowest BCUT2D eigenvalue weighted by Crippen LogP contribution is -2.50. The summed E-state index contributed by atoms with van der Waals surface area (Å²) in [6, 6.07) is 7.73. The third kappa shape index (κ3) is 2.89. The van der Waals surface area contributed by atoms with Crippen molar-refractivity contribution < 1.29 is 4.79 Å². The molecule has 2 aromatic heterocycles. The summed E-state index contributed by atoms with van der Waals surface area (Å²) in [5.41, 5.74) is 1.95. The van der Waals surface area contributed by atoms with Crippen LogP contribution in [0.5, 0.6) is 0 Å². The van der Waals surface area contributed by atoms with Crippen molar-refractivity contribution in [3.8, 4) is 0 Å². The van der Waals surface area contributed by atoms with Gasteiger partial charge in [0.05, 0.1) is 11.0 Å². The molecule has 1 amide bonds. The molecular weight excluding hydrogens is 334 g/mol. The van der Waals surface area contributed by atoms with Crippen molar-refractivity contribution in [2.75, 3.05) is 31.1 Å². The zero-order valence-corrected chi connectivity index (χ0v) is 15.2. The Kier molecular flexibility index (Phi) is 4.17. The van der Waals surface area contributed by atoms with Crippen molar-refractivity contribution in [3.05, 3.63) is 41.7 Å². The van der Waals surface area contributed by atoms with E-state index in [0.29, 0.717) is 0 Å². The fraction of sp³-hybridized carbons (Fsp3) is 0.389. The number of carbonyl (C=O) groups excluding carboxylic acids is 1. The predicted octanol–water partition coefficient (Wildman–Crippen LogP) is 2.71. The van der Waals surface area contributed by atoms with E-state index in [1.807, 2.05) is 59.2 Å². The van der Waals surface area contributed by atoms with E-state index in [9.17, 15) is 4.79 Å². The first-order valence-electron chi connectivity index (χ1n) is 8.52. The molecule has 25 heavy (non-hydrogen) atoms. The SMILES string of the molecule is Cc1nc2ccccc2n1C(C)C(=O)N1CCN(c2nccs2)CC1. The van der Waals surface area contributed by atoms with Crippen LogP contribution in [0.2, 0.25) is 0 Å². The van der Waals surface area contributed by atoms with Crippen molar-refractivity contribution in [2.24, 2.45) is 0 Å². The number of nitrogens with zero attached hydrogens (tertiary/aromatic N) is 5. The highest BCUT2D eigenvalue weighted by Crippen LogP contribution is 2.24. The number of piperazine rings is 1. The van der Waals surface area contributed by atoms with Crippen LogP contribution >= 0.6 is 11.3 Å². The average molecular weight is 355 g/mol. The second-order valence-corrected chi connectivity index (χ2v) is 7.19. The number of rotatable bonds is 3. The van der Waals surface area contributed by atoms with Gasteiger partial charge in [-0.05, 0) is 26.0 Å². The second-order valence-electron chi connectivity index (χ2n) is 6.32. The van der Waals surface area contributed by atoms with Gasteiger partial charge in [0.15, 0.2) is 5.13 Å². The summed E-state index contributed by atoms with van der Waals surface area (Å²) in [5, 5.41) is 3.03. The lowest BCUT2D eigenvalue weighted by atomic mass is 10.2. The minimum Gasteiger partial charge on any atom is -0.345 e. The molecule has 0 spiro atoms. The molecule has 0 bridgehead atoms. The molecular formula is C18H21N5OS. The number of amides is 1. The molecule has 1 aromatic carbocycles. The van der Waals surface area contributed by atoms with Gasteiger partial charge in [0, 0.05) is 37.8 Å². The van der Waals surface area contributed by atoms with Crippen LogP contribution < -0.4 is 4.90 Å². The van der Waals surface area contributed by atoms with Crippen LogP contribution in [0, 0.1) is 6.92 Å². The van der Waals surface area contributed by atoms with Gasteiger partial charge < -0.3 is 14.4 Å². The zero-order chi connectivity index (χ0) is 17.4. The largest absolute Gasteiger partial charge is 0.345 e. The van der Waals surface area contributed by atoms with E-state index in [2.05, 4.69) is 14.9 Å². The van der Waals surface area contributed by atoms with Crippen LogP contribution in [-0.4, -0.2) is 51.5 Å². The van der Waals surface area contributed by atoms with Crippen molar-refractivity contribution in [1.82, 2.24) is 19.4 Å². The third-order valence-electron chi connectivity index (χ3n) is 4.80. The predicted molar refractivity (Wildman–Crippen MR) is 100 cm³/mol. The quantitative estimate of drug-likeness (QED) is 0.725. The molecule has 1 aliphatic rings. The Morgan fingerprint density at radius 3 is 2.68 bits per heavy atom. The molecule has 130 valence electrons. The fourth-order valence-electron chi connectivity index (χ4n) is 3.52. The highest BCUT2D eigenvalue weighted by Gasteiger charge is 2.28. The molecule has 3 heterocycles. The maximum atomic E-state index is 13.0. The third-order valence-corrected chi connectivity index (χ3v) is 5.63. The van der Waals surface area contributed by atoms with Gasteiger partial charge in [-0.1, -0.05) is 12.1 Å². The van der Waals surface area contributed by atoms with E-state index in [-0.39, 0.29) is 11.9 Å². The Bertz CT molecular complexity index is 880. The van der Waals surface area contributed by atoms with Gasteiger partial charge >= 0.3 is 0 Å². The standard InChI is InChI=1S/C18H21N5OS/c1-13(23-14(2)20-15-5-3-4-6-16(15)23)17(24)21-8-10-22(11-9-21)18-19-7-12-25-18/h3-7,12-13H,8-11H2,1-2H3. The summed E-state index contributed by atoms with van der Waals surface area (Å²) in [6.07, 6.45) is 1.83. The van der Waals surface area contributed by atoms with Gasteiger partial charge in [0.1, 0.15) is 11.9 Å². The number of hydrogen-bond acceptors (Lipinski definition) is 5. The van der Waals surface area contributed by atoms with Crippen LogP contribution in [0.1, 0.15) is 18.8 Å². The van der Waals surface area contributed by atoms with E-state index in [1.165, 1.54) is 0 Å². The molecule has 0 N–H and O–H groups in total. The number of aryl methyl sites for hydroxylation is 1. The second kappa shape index (κ2) is 6.48. The lowest BCUT2D eigenvalue weighted by molar-refractivity contribution is -0.134. The van der Waals surface area contributed by atoms with Gasteiger partial charge in [0.2, 0.25) is 5.91 Å². The van der Waals surface area contributed by atoms with Crippen LogP contribution in [0.4, 0.5) is 5.13 Å². The number of fused-ring (bicyclic) bond motifs is 1. The smallest absolute Gasteiger partial charge is 0.245 e. The monoisotopic (exact) mass is 355 g/mol. The average Bonchev–Trinajstić information content (AvgIpc) is 3.27. The van der Waals surface area contributed by atoms with Crippen LogP contribution in [0.3, 0.4) is 0 Å². The summed E-state index contributed by atoms with van der Waals surface area (Å²) in [6.45, 7) is 7.05. The Morgan fingerprint density at radius 2 is 1.96 bits per heavy atom. The molecule has 1 unspecified atom stereocenters. The molecule has 1 saturated heterocycles. The first-order chi connectivity index (χ1) is 12.1. The zero-order valence-electron chi connectivity index (χ0n) is 14.4. The van der Waals surface area contributed by atoms with E-state index < -0.39 is 0 Å². The summed E-state index contributed by atoms with van der Waals surface area (Å²) >= 11 is 1.65. The van der Waals surface area contributed by atoms with Gasteiger partial charge in [-0.15, -0.1) is 11.3 Å². The first kappa shape index (κ1) is 16.1. The number of benzene rings is 1. The van der Waals surface area contributed by atoms with Gasteiger partial charge in [0.25, 0.3) is 0 Å². The molecule has 7 heteroatoms. The van der Waals surface area contributed by atoms with E-state index in [1.54, 1.807) is 11.3 Å². The fourth-order valence-corrected chi connectivity index (χ4v) is 4.22. The highest BCUT2D eigenvalue weighted by atomic mass is 32.1. The van der Waals surface area contributed by atoms with Crippen molar-refractivity contribution in [2.45, 2.75) is 19.9 Å². The molecule has 1 fully saturated rings. The Hall–Kier alpha value is -2.41. The molecule has 4 rings (SSSR count). The van der Waals surface area contributed by atoms with E-state index in [0.717, 1.165) is 48.2 Å². The van der Waals surface area contributed by atoms with Crippen molar-refractivity contribution in [1.29, 1.82) is 0 Å². The van der Waals surface area contributed by atoms with Gasteiger partial charge in [-0.25, -0.2) is 9.97 Å². The minimum absolute atomic E-state index is 0.157. The molecule has 0 radical (unpaired) electrons. The topological polar surface area (TPSA) is 54.3 Å². The number of aromatic nitrogens is 3. The summed E-state index contributed by atoms with van der Waals surface area (Å²) in [7, 11) is 0. The normalized spacial score (nSPS) is 16.4. The van der Waals surface area contributed by atoms with Crippen molar-refractivity contribution in [3.63, 3.8) is 0 Å². The van der Waals surface area contributed by atoms with Crippen molar-refractivity contribution >= 4 is 33.4 Å². The molecule has 6 nitrogen and oxygen atoms in total. The van der Waals surface area contributed by atoms with E-state index >= 15 is 0 Å². The Labute approximate surface area is 150 Å². The molecule has 1 atom stereocenters.